The highest BCUT2D eigenvalue weighted by Crippen LogP contribution is 2.16. The second kappa shape index (κ2) is 10.0. The molecule has 0 spiro atoms. The van der Waals surface area contributed by atoms with Gasteiger partial charge in [-0.2, -0.15) is 5.26 Å². The van der Waals surface area contributed by atoms with Crippen molar-refractivity contribution in [2.75, 3.05) is 13.1 Å². The van der Waals surface area contributed by atoms with E-state index in [1.54, 1.807) is 18.2 Å². The molecular weight excluding hydrogens is 463 g/mol. The third kappa shape index (κ3) is 5.75. The molecule has 1 saturated heterocycles. The third-order valence-corrected chi connectivity index (χ3v) is 4.85. The second-order valence-corrected chi connectivity index (χ2v) is 7.28. The molecule has 142 valence electrons. The van der Waals surface area contributed by atoms with Gasteiger partial charge in [-0.15, -0.1) is 0 Å². The highest BCUT2D eigenvalue weighted by molar-refractivity contribution is 14.1. The summed E-state index contributed by atoms with van der Waals surface area (Å²) in [5.74, 6) is -1.46. The van der Waals surface area contributed by atoms with E-state index in [4.69, 9.17) is 5.26 Å². The van der Waals surface area contributed by atoms with Gasteiger partial charge in [0.15, 0.2) is 0 Å². The Hall–Kier alpha value is -2.48. The fraction of sp³-hybridized carbons (Fsp3) is 0.389. The summed E-state index contributed by atoms with van der Waals surface area (Å²) in [6.45, 7) is 0.194. The zero-order valence-corrected chi connectivity index (χ0v) is 16.6. The van der Waals surface area contributed by atoms with Crippen molar-refractivity contribution in [1.82, 2.24) is 15.5 Å². The number of carbonyl (C=O) groups excluding carboxylic acids is 4. The van der Waals surface area contributed by atoms with Crippen molar-refractivity contribution >= 4 is 46.6 Å². The third-order valence-electron chi connectivity index (χ3n) is 4.18. The van der Waals surface area contributed by atoms with Gasteiger partial charge in [0.05, 0.1) is 12.6 Å². The first-order valence-corrected chi connectivity index (χ1v) is 9.51. The van der Waals surface area contributed by atoms with E-state index in [0.717, 1.165) is 9.99 Å². The lowest BCUT2D eigenvalue weighted by molar-refractivity contribution is -0.133. The molecule has 0 aliphatic carbocycles. The molecule has 27 heavy (non-hydrogen) atoms. The fourth-order valence-electron chi connectivity index (χ4n) is 2.79. The molecule has 0 saturated carbocycles. The molecule has 2 rings (SSSR count). The summed E-state index contributed by atoms with van der Waals surface area (Å²) in [7, 11) is 0. The molecule has 1 heterocycles. The summed E-state index contributed by atoms with van der Waals surface area (Å²) in [5.41, 5.74) is 0.371. The summed E-state index contributed by atoms with van der Waals surface area (Å²) in [6.07, 6.45) is 1.70. The molecule has 3 amide bonds. The number of benzene rings is 1. The molecule has 8 nitrogen and oxygen atoms in total. The predicted molar refractivity (Wildman–Crippen MR) is 104 cm³/mol. The van der Waals surface area contributed by atoms with Crippen LogP contribution in [0.1, 0.15) is 29.6 Å². The van der Waals surface area contributed by atoms with E-state index in [1.165, 1.54) is 4.90 Å². The highest BCUT2D eigenvalue weighted by Gasteiger charge is 2.29. The number of carbonyl (C=O) groups is 4. The minimum atomic E-state index is -1.08. The lowest BCUT2D eigenvalue weighted by atomic mass is 10.1. The Morgan fingerprint density at radius 3 is 2.85 bits per heavy atom. The molecular formula is C18H19IN4O4. The van der Waals surface area contributed by atoms with Gasteiger partial charge in [-0.25, -0.2) is 0 Å². The Labute approximate surface area is 170 Å². The SMILES string of the molecule is N#C[C@@H]1CCCN1C(=O)CNC(=O)[C@@H](CC=O)NC(=O)c1cccc(I)c1. The molecule has 1 fully saturated rings. The van der Waals surface area contributed by atoms with Gasteiger partial charge in [-0.05, 0) is 53.6 Å². The Balaban J connectivity index is 1.94. The molecule has 1 aliphatic rings. The van der Waals surface area contributed by atoms with E-state index in [9.17, 15) is 19.2 Å². The molecule has 2 atom stereocenters. The molecule has 0 bridgehead atoms. The standard InChI is InChI=1S/C18H19IN4O4/c19-13-4-1-3-12(9-13)17(26)22-15(6-8-24)18(27)21-11-16(25)23-7-2-5-14(23)10-20/h1,3-4,8-9,14-15H,2,5-7,11H2,(H,21,27)(H,22,26)/t14-,15+/m0/s1. The molecule has 0 aromatic heterocycles. The molecule has 2 N–H and O–H groups in total. The topological polar surface area (TPSA) is 119 Å². The van der Waals surface area contributed by atoms with Crippen LogP contribution in [0.5, 0.6) is 0 Å². The predicted octanol–water partition coefficient (Wildman–Crippen LogP) is 0.609. The van der Waals surface area contributed by atoms with Crippen LogP contribution < -0.4 is 10.6 Å². The smallest absolute Gasteiger partial charge is 0.251 e. The average molecular weight is 482 g/mol. The maximum absolute atomic E-state index is 12.3. The van der Waals surface area contributed by atoms with E-state index < -0.39 is 23.9 Å². The Kier molecular flexibility index (Phi) is 7.72. The number of likely N-dealkylation sites (tertiary alicyclic amines) is 1. The minimum Gasteiger partial charge on any atom is -0.345 e. The summed E-state index contributed by atoms with van der Waals surface area (Å²) in [4.78, 5) is 49.1. The van der Waals surface area contributed by atoms with Crippen LogP contribution in [-0.4, -0.2) is 54.1 Å². The van der Waals surface area contributed by atoms with Crippen molar-refractivity contribution in [3.8, 4) is 6.07 Å². The quantitative estimate of drug-likeness (QED) is 0.436. The fourth-order valence-corrected chi connectivity index (χ4v) is 3.33. The van der Waals surface area contributed by atoms with Gasteiger partial charge in [0.1, 0.15) is 18.4 Å². The van der Waals surface area contributed by atoms with Crippen LogP contribution in [0.15, 0.2) is 24.3 Å². The number of amides is 3. The number of halogens is 1. The average Bonchev–Trinajstić information content (AvgIpc) is 3.14. The second-order valence-electron chi connectivity index (χ2n) is 6.03. The molecule has 0 unspecified atom stereocenters. The van der Waals surface area contributed by atoms with Gasteiger partial charge in [-0.1, -0.05) is 6.07 Å². The maximum atomic E-state index is 12.3. The number of nitriles is 1. The van der Waals surface area contributed by atoms with Crippen molar-refractivity contribution in [2.24, 2.45) is 0 Å². The number of aldehydes is 1. The Morgan fingerprint density at radius 2 is 2.19 bits per heavy atom. The van der Waals surface area contributed by atoms with E-state index in [0.29, 0.717) is 24.8 Å². The van der Waals surface area contributed by atoms with E-state index in [1.807, 2.05) is 6.07 Å². The zero-order chi connectivity index (χ0) is 19.8. The molecule has 1 aromatic rings. The van der Waals surface area contributed by atoms with Crippen molar-refractivity contribution in [3.63, 3.8) is 0 Å². The Bertz CT molecular complexity index is 777. The lowest BCUT2D eigenvalue weighted by Gasteiger charge is -2.21. The van der Waals surface area contributed by atoms with Gasteiger partial charge in [0.25, 0.3) is 5.91 Å². The largest absolute Gasteiger partial charge is 0.345 e. The lowest BCUT2D eigenvalue weighted by Crippen LogP contribution is -2.50. The first-order chi connectivity index (χ1) is 13.0. The highest BCUT2D eigenvalue weighted by atomic mass is 127. The number of hydrogen-bond donors (Lipinski definition) is 2. The van der Waals surface area contributed by atoms with Gasteiger partial charge >= 0.3 is 0 Å². The number of hydrogen-bond acceptors (Lipinski definition) is 5. The van der Waals surface area contributed by atoms with Gasteiger partial charge in [0, 0.05) is 22.1 Å². The molecule has 0 radical (unpaired) electrons. The van der Waals surface area contributed by atoms with E-state index in [2.05, 4.69) is 39.3 Å². The van der Waals surface area contributed by atoms with E-state index >= 15 is 0 Å². The monoisotopic (exact) mass is 482 g/mol. The van der Waals surface area contributed by atoms with Crippen molar-refractivity contribution < 1.29 is 19.2 Å². The van der Waals surface area contributed by atoms with Crippen LogP contribution in [0.3, 0.4) is 0 Å². The maximum Gasteiger partial charge on any atom is 0.251 e. The van der Waals surface area contributed by atoms with E-state index in [-0.39, 0.29) is 18.9 Å². The first-order valence-electron chi connectivity index (χ1n) is 8.43. The van der Waals surface area contributed by atoms with Crippen molar-refractivity contribution in [2.45, 2.75) is 31.3 Å². The van der Waals surface area contributed by atoms with Crippen LogP contribution in [0.2, 0.25) is 0 Å². The summed E-state index contributed by atoms with van der Waals surface area (Å²) in [5, 5.41) is 14.0. The van der Waals surface area contributed by atoms with Crippen LogP contribution in [0.25, 0.3) is 0 Å². The summed E-state index contributed by atoms with van der Waals surface area (Å²) < 4.78 is 0.861. The number of nitrogens with one attached hydrogen (secondary N) is 2. The van der Waals surface area contributed by atoms with Gasteiger partial charge < -0.3 is 20.3 Å². The summed E-state index contributed by atoms with van der Waals surface area (Å²) >= 11 is 2.07. The van der Waals surface area contributed by atoms with Crippen LogP contribution >= 0.6 is 22.6 Å². The van der Waals surface area contributed by atoms with Crippen LogP contribution in [0.4, 0.5) is 0 Å². The van der Waals surface area contributed by atoms with Crippen molar-refractivity contribution in [1.29, 1.82) is 5.26 Å². The van der Waals surface area contributed by atoms with Crippen LogP contribution in [-0.2, 0) is 14.4 Å². The number of nitrogens with zero attached hydrogens (tertiary/aromatic N) is 2. The van der Waals surface area contributed by atoms with Gasteiger partial charge in [0.2, 0.25) is 11.8 Å². The molecule has 9 heteroatoms. The van der Waals surface area contributed by atoms with Crippen molar-refractivity contribution in [3.05, 3.63) is 33.4 Å². The number of rotatable bonds is 7. The summed E-state index contributed by atoms with van der Waals surface area (Å²) in [6, 6.07) is 7.31. The molecule has 1 aromatic carbocycles. The zero-order valence-electron chi connectivity index (χ0n) is 14.5. The van der Waals surface area contributed by atoms with Gasteiger partial charge in [-0.3, -0.25) is 14.4 Å². The van der Waals surface area contributed by atoms with Crippen LogP contribution in [0, 0.1) is 14.9 Å². The molecule has 1 aliphatic heterocycles. The Morgan fingerprint density at radius 1 is 1.41 bits per heavy atom. The first kappa shape index (κ1) is 20.8. The normalized spacial score (nSPS) is 16.9. The minimum absolute atomic E-state index is 0.208.